The molecule has 0 saturated carbocycles. The van der Waals surface area contributed by atoms with Crippen molar-refractivity contribution < 1.29 is 26.7 Å². The van der Waals surface area contributed by atoms with E-state index in [-0.39, 0.29) is 6.08 Å². The molecule has 2 nitrogen and oxygen atoms in total. The average molecular weight is 203 g/mol. The number of nitrogens with two attached hydrogens (primary N) is 1. The molecule has 0 aliphatic carbocycles. The van der Waals surface area contributed by atoms with Crippen LogP contribution in [0.5, 0.6) is 0 Å². The molecule has 0 rings (SSSR count). The van der Waals surface area contributed by atoms with Gasteiger partial charge in [0, 0.05) is 11.8 Å². The standard InChI is InChI=1S/C6H6F5NO/c1-3(12)2-4(13)5(7,8)6(9,10)11/h2H,12H2,1H3/b3-2-. The van der Waals surface area contributed by atoms with Crippen molar-refractivity contribution in [3.8, 4) is 0 Å². The smallest absolute Gasteiger partial charge is 0.402 e. The number of hydrogen-bond acceptors (Lipinski definition) is 2. The molecule has 0 aromatic rings. The summed E-state index contributed by atoms with van der Waals surface area (Å²) in [4.78, 5) is 10.3. The fraction of sp³-hybridized carbons (Fsp3) is 0.500. The van der Waals surface area contributed by atoms with Gasteiger partial charge >= 0.3 is 12.1 Å². The largest absolute Gasteiger partial charge is 0.461 e. The maximum atomic E-state index is 12.1. The lowest BCUT2D eigenvalue weighted by Gasteiger charge is -2.16. The van der Waals surface area contributed by atoms with Crippen molar-refractivity contribution in [1.82, 2.24) is 0 Å². The van der Waals surface area contributed by atoms with Crippen LogP contribution in [-0.4, -0.2) is 17.9 Å². The molecule has 0 radical (unpaired) electrons. The van der Waals surface area contributed by atoms with E-state index in [4.69, 9.17) is 5.73 Å². The van der Waals surface area contributed by atoms with E-state index in [2.05, 4.69) is 0 Å². The number of halogens is 5. The minimum atomic E-state index is -5.88. The van der Waals surface area contributed by atoms with Crippen LogP contribution < -0.4 is 5.73 Å². The third-order valence-corrected chi connectivity index (χ3v) is 1.02. The van der Waals surface area contributed by atoms with Crippen molar-refractivity contribution in [2.24, 2.45) is 5.73 Å². The maximum Gasteiger partial charge on any atom is 0.461 e. The third kappa shape index (κ3) is 2.67. The predicted molar refractivity (Wildman–Crippen MR) is 34.0 cm³/mol. The summed E-state index contributed by atoms with van der Waals surface area (Å²) in [7, 11) is 0. The third-order valence-electron chi connectivity index (χ3n) is 1.02. The lowest BCUT2D eigenvalue weighted by Crippen LogP contribution is -2.43. The van der Waals surface area contributed by atoms with Gasteiger partial charge in [0.05, 0.1) is 0 Å². The van der Waals surface area contributed by atoms with Crippen LogP contribution in [-0.2, 0) is 4.79 Å². The Balaban J connectivity index is 4.87. The predicted octanol–water partition coefficient (Wildman–Crippen LogP) is 1.62. The summed E-state index contributed by atoms with van der Waals surface area (Å²) in [6.45, 7) is 1.03. The molecule has 0 unspecified atom stereocenters. The van der Waals surface area contributed by atoms with E-state index in [1.165, 1.54) is 0 Å². The lowest BCUT2D eigenvalue weighted by molar-refractivity contribution is -0.266. The maximum absolute atomic E-state index is 12.1. The highest BCUT2D eigenvalue weighted by Gasteiger charge is 2.62. The van der Waals surface area contributed by atoms with Gasteiger partial charge in [-0.1, -0.05) is 0 Å². The average Bonchev–Trinajstić information content (AvgIpc) is 1.82. The Hall–Kier alpha value is -1.14. The molecule has 2 N–H and O–H groups in total. The molecular weight excluding hydrogens is 197 g/mol. The van der Waals surface area contributed by atoms with Gasteiger partial charge in [-0.05, 0) is 6.92 Å². The number of allylic oxidation sites excluding steroid dienone is 2. The van der Waals surface area contributed by atoms with Gasteiger partial charge in [0.25, 0.3) is 0 Å². The van der Waals surface area contributed by atoms with E-state index in [1.54, 1.807) is 0 Å². The summed E-state index contributed by atoms with van der Waals surface area (Å²) in [6, 6.07) is 0. The Kier molecular flexibility index (Phi) is 3.02. The SMILES string of the molecule is C/C(N)=C/C(=O)C(F)(F)C(F)(F)F. The summed E-state index contributed by atoms with van der Waals surface area (Å²) in [5, 5.41) is 0. The first-order valence-electron chi connectivity index (χ1n) is 3.02. The van der Waals surface area contributed by atoms with E-state index in [1.807, 2.05) is 0 Å². The summed E-state index contributed by atoms with van der Waals surface area (Å²) >= 11 is 0. The molecule has 7 heteroatoms. The van der Waals surface area contributed by atoms with Gasteiger partial charge in [-0.2, -0.15) is 22.0 Å². The molecule has 0 saturated heterocycles. The molecule has 0 atom stereocenters. The Morgan fingerprint density at radius 3 is 1.85 bits per heavy atom. The van der Waals surface area contributed by atoms with Gasteiger partial charge in [-0.15, -0.1) is 0 Å². The van der Waals surface area contributed by atoms with E-state index in [0.29, 0.717) is 0 Å². The quantitative estimate of drug-likeness (QED) is 0.547. The minimum Gasteiger partial charge on any atom is -0.402 e. The highest BCUT2D eigenvalue weighted by atomic mass is 19.4. The molecule has 0 amide bonds. The molecule has 13 heavy (non-hydrogen) atoms. The minimum absolute atomic E-state index is 0.0491. The highest BCUT2D eigenvalue weighted by Crippen LogP contribution is 2.36. The first-order valence-corrected chi connectivity index (χ1v) is 3.02. The molecule has 76 valence electrons. The lowest BCUT2D eigenvalue weighted by atomic mass is 10.2. The molecule has 0 spiro atoms. The Morgan fingerprint density at radius 1 is 1.23 bits per heavy atom. The van der Waals surface area contributed by atoms with Crippen LogP contribution in [0.15, 0.2) is 11.8 Å². The summed E-state index contributed by atoms with van der Waals surface area (Å²) in [5.41, 5.74) is 4.36. The Labute approximate surface area is 70.2 Å². The van der Waals surface area contributed by atoms with Crippen LogP contribution in [0.3, 0.4) is 0 Å². The monoisotopic (exact) mass is 203 g/mol. The zero-order valence-electron chi connectivity index (χ0n) is 6.45. The first-order chi connectivity index (χ1) is 5.59. The first kappa shape index (κ1) is 11.9. The van der Waals surface area contributed by atoms with Crippen molar-refractivity contribution >= 4 is 5.78 Å². The van der Waals surface area contributed by atoms with Crippen LogP contribution in [0.4, 0.5) is 22.0 Å². The van der Waals surface area contributed by atoms with Crippen molar-refractivity contribution in [1.29, 1.82) is 0 Å². The molecule has 0 aliphatic heterocycles. The fourth-order valence-corrected chi connectivity index (χ4v) is 0.437. The van der Waals surface area contributed by atoms with E-state index in [0.717, 1.165) is 6.92 Å². The number of rotatable bonds is 2. The second-order valence-electron chi connectivity index (χ2n) is 2.32. The van der Waals surface area contributed by atoms with E-state index >= 15 is 0 Å². The summed E-state index contributed by atoms with van der Waals surface area (Å²) in [6.07, 6.45) is -5.83. The van der Waals surface area contributed by atoms with E-state index in [9.17, 15) is 26.7 Å². The number of alkyl halides is 5. The summed E-state index contributed by atoms with van der Waals surface area (Å²) in [5.74, 6) is -7.73. The van der Waals surface area contributed by atoms with Gasteiger partial charge in [0.15, 0.2) is 0 Å². The zero-order valence-corrected chi connectivity index (χ0v) is 6.45. The van der Waals surface area contributed by atoms with Crippen molar-refractivity contribution in [2.45, 2.75) is 19.0 Å². The number of hydrogen-bond donors (Lipinski definition) is 1. The van der Waals surface area contributed by atoms with Crippen molar-refractivity contribution in [2.75, 3.05) is 0 Å². The molecule has 0 bridgehead atoms. The van der Waals surface area contributed by atoms with Crippen LogP contribution in [0.25, 0.3) is 0 Å². The highest BCUT2D eigenvalue weighted by molar-refractivity contribution is 5.96. The van der Waals surface area contributed by atoms with Crippen LogP contribution in [0, 0.1) is 0 Å². The zero-order chi connectivity index (χ0) is 10.9. The van der Waals surface area contributed by atoms with Crippen LogP contribution in [0.1, 0.15) is 6.92 Å². The Bertz CT molecular complexity index is 238. The molecular formula is C6H6F5NO. The van der Waals surface area contributed by atoms with Crippen molar-refractivity contribution in [3.63, 3.8) is 0 Å². The van der Waals surface area contributed by atoms with E-state index < -0.39 is 23.6 Å². The molecule has 0 fully saturated rings. The topological polar surface area (TPSA) is 43.1 Å². The van der Waals surface area contributed by atoms with Gasteiger partial charge in [0.2, 0.25) is 5.78 Å². The number of carbonyl (C=O) groups is 1. The molecule has 0 heterocycles. The molecule has 0 aromatic heterocycles. The van der Waals surface area contributed by atoms with Crippen molar-refractivity contribution in [3.05, 3.63) is 11.8 Å². The van der Waals surface area contributed by atoms with Gasteiger partial charge in [-0.3, -0.25) is 4.79 Å². The van der Waals surface area contributed by atoms with Crippen LogP contribution >= 0.6 is 0 Å². The van der Waals surface area contributed by atoms with Crippen LogP contribution in [0.2, 0.25) is 0 Å². The summed E-state index contributed by atoms with van der Waals surface area (Å²) < 4.78 is 58.7. The number of carbonyl (C=O) groups excluding carboxylic acids is 1. The second-order valence-corrected chi connectivity index (χ2v) is 2.32. The molecule has 0 aromatic carbocycles. The van der Waals surface area contributed by atoms with Gasteiger partial charge in [0.1, 0.15) is 0 Å². The Morgan fingerprint density at radius 2 is 1.62 bits per heavy atom. The van der Waals surface area contributed by atoms with Gasteiger partial charge < -0.3 is 5.73 Å². The fourth-order valence-electron chi connectivity index (χ4n) is 0.437. The molecule has 0 aliphatic rings. The normalized spacial score (nSPS) is 14.5. The second kappa shape index (κ2) is 3.31. The number of ketones is 1. The van der Waals surface area contributed by atoms with Gasteiger partial charge in [-0.25, -0.2) is 0 Å².